The van der Waals surface area contributed by atoms with Crippen molar-refractivity contribution in [2.75, 3.05) is 32.8 Å². The third kappa shape index (κ3) is 2.28. The number of carboxylic acids is 1. The number of carboxylic acid groups (broad SMARTS) is 1. The molecular weight excluding hydrogens is 224 g/mol. The lowest BCUT2D eigenvalue weighted by Gasteiger charge is -2.37. The molecule has 2 heterocycles. The summed E-state index contributed by atoms with van der Waals surface area (Å²) in [6.45, 7) is 4.19. The van der Waals surface area contributed by atoms with Crippen molar-refractivity contribution in [2.45, 2.75) is 19.4 Å². The number of morpholine rings is 1. The van der Waals surface area contributed by atoms with Gasteiger partial charge in [0, 0.05) is 13.1 Å². The summed E-state index contributed by atoms with van der Waals surface area (Å²) in [5.41, 5.74) is -0.467. The lowest BCUT2D eigenvalue weighted by molar-refractivity contribution is -0.162. The van der Waals surface area contributed by atoms with E-state index in [1.807, 2.05) is 6.92 Å². The van der Waals surface area contributed by atoms with E-state index in [9.17, 15) is 9.59 Å². The summed E-state index contributed by atoms with van der Waals surface area (Å²) in [6.07, 6.45) is 0.759. The van der Waals surface area contributed by atoms with Gasteiger partial charge in [0.1, 0.15) is 0 Å². The normalized spacial score (nSPS) is 33.7. The summed E-state index contributed by atoms with van der Waals surface area (Å²) in [6, 6.07) is -0.839. The summed E-state index contributed by atoms with van der Waals surface area (Å²) < 4.78 is 5.13. The summed E-state index contributed by atoms with van der Waals surface area (Å²) in [5, 5.41) is 12.2. The zero-order valence-corrected chi connectivity index (χ0v) is 9.94. The monoisotopic (exact) mass is 242 g/mol. The summed E-state index contributed by atoms with van der Waals surface area (Å²) >= 11 is 0. The van der Waals surface area contributed by atoms with Crippen LogP contribution in [0.15, 0.2) is 0 Å². The van der Waals surface area contributed by atoms with Crippen molar-refractivity contribution in [3.05, 3.63) is 0 Å². The molecule has 2 atom stereocenters. The van der Waals surface area contributed by atoms with E-state index in [-0.39, 0.29) is 12.5 Å². The van der Waals surface area contributed by atoms with Crippen LogP contribution in [0.2, 0.25) is 0 Å². The zero-order valence-electron chi connectivity index (χ0n) is 9.94. The first-order valence-corrected chi connectivity index (χ1v) is 5.87. The number of ether oxygens (including phenoxy) is 1. The quantitative estimate of drug-likeness (QED) is 0.669. The number of nitrogens with zero attached hydrogens (tertiary/aromatic N) is 1. The van der Waals surface area contributed by atoms with E-state index in [1.54, 1.807) is 0 Å². The fourth-order valence-electron chi connectivity index (χ4n) is 2.40. The van der Waals surface area contributed by atoms with Gasteiger partial charge in [-0.15, -0.1) is 0 Å². The van der Waals surface area contributed by atoms with Crippen molar-refractivity contribution < 1.29 is 19.4 Å². The number of hydrogen-bond donors (Lipinski definition) is 2. The van der Waals surface area contributed by atoms with Crippen LogP contribution in [0, 0.1) is 5.41 Å². The Morgan fingerprint density at radius 3 is 2.88 bits per heavy atom. The number of nitrogens with one attached hydrogen (secondary N) is 1. The van der Waals surface area contributed by atoms with Crippen LogP contribution in [0.3, 0.4) is 0 Å². The molecule has 0 saturated carbocycles. The summed E-state index contributed by atoms with van der Waals surface area (Å²) in [5.74, 6) is -1.06. The molecular formula is C11H18N2O4. The zero-order chi connectivity index (χ0) is 12.5. The molecule has 96 valence electrons. The largest absolute Gasteiger partial charge is 0.480 e. The minimum Gasteiger partial charge on any atom is -0.480 e. The molecule has 2 aliphatic heterocycles. The molecule has 0 aromatic rings. The molecule has 2 fully saturated rings. The van der Waals surface area contributed by atoms with Crippen LogP contribution in [-0.4, -0.2) is 60.8 Å². The van der Waals surface area contributed by atoms with E-state index in [4.69, 9.17) is 9.84 Å². The first-order chi connectivity index (χ1) is 8.04. The van der Waals surface area contributed by atoms with Gasteiger partial charge in [0.05, 0.1) is 18.6 Å². The molecule has 2 unspecified atom stereocenters. The maximum Gasteiger partial charge on any atom is 0.328 e. The highest BCUT2D eigenvalue weighted by Crippen LogP contribution is 2.28. The molecule has 0 aromatic heterocycles. The minimum atomic E-state index is -0.993. The number of amides is 1. The van der Waals surface area contributed by atoms with Crippen LogP contribution in [0.1, 0.15) is 13.3 Å². The molecule has 2 aliphatic rings. The van der Waals surface area contributed by atoms with E-state index >= 15 is 0 Å². The lowest BCUT2D eigenvalue weighted by atomic mass is 9.87. The molecule has 2 saturated heterocycles. The van der Waals surface area contributed by atoms with Gasteiger partial charge in [-0.1, -0.05) is 0 Å². The number of hydrogen-bond acceptors (Lipinski definition) is 4. The smallest absolute Gasteiger partial charge is 0.328 e. The van der Waals surface area contributed by atoms with Gasteiger partial charge in [0.2, 0.25) is 5.91 Å². The molecule has 6 nitrogen and oxygen atoms in total. The van der Waals surface area contributed by atoms with E-state index < -0.39 is 17.4 Å². The Morgan fingerprint density at radius 1 is 1.53 bits per heavy atom. The second-order valence-corrected chi connectivity index (χ2v) is 4.91. The van der Waals surface area contributed by atoms with Crippen LogP contribution < -0.4 is 5.32 Å². The Bertz CT molecular complexity index is 325. The van der Waals surface area contributed by atoms with Crippen LogP contribution in [0.4, 0.5) is 0 Å². The van der Waals surface area contributed by atoms with Gasteiger partial charge >= 0.3 is 5.97 Å². The van der Waals surface area contributed by atoms with Crippen molar-refractivity contribution in [1.29, 1.82) is 0 Å². The van der Waals surface area contributed by atoms with Crippen LogP contribution in [-0.2, 0) is 14.3 Å². The predicted molar refractivity (Wildman–Crippen MR) is 59.5 cm³/mol. The van der Waals surface area contributed by atoms with Crippen molar-refractivity contribution in [1.82, 2.24) is 10.2 Å². The Morgan fingerprint density at radius 2 is 2.29 bits per heavy atom. The van der Waals surface area contributed by atoms with Gasteiger partial charge < -0.3 is 20.1 Å². The second-order valence-electron chi connectivity index (χ2n) is 4.91. The summed E-state index contributed by atoms with van der Waals surface area (Å²) in [4.78, 5) is 25.0. The van der Waals surface area contributed by atoms with Gasteiger partial charge in [-0.3, -0.25) is 4.79 Å². The van der Waals surface area contributed by atoms with Crippen LogP contribution >= 0.6 is 0 Å². The highest BCUT2D eigenvalue weighted by atomic mass is 16.5. The first kappa shape index (κ1) is 12.3. The molecule has 1 amide bonds. The molecule has 0 bridgehead atoms. The first-order valence-electron chi connectivity index (χ1n) is 5.87. The van der Waals surface area contributed by atoms with Crippen molar-refractivity contribution >= 4 is 11.9 Å². The third-order valence-corrected chi connectivity index (χ3v) is 3.56. The minimum absolute atomic E-state index is 0.0711. The number of carbonyl (C=O) groups excluding carboxylic acids is 1. The molecule has 0 spiro atoms. The average Bonchev–Trinajstić information content (AvgIpc) is 2.76. The van der Waals surface area contributed by atoms with Gasteiger partial charge in [-0.25, -0.2) is 4.79 Å². The van der Waals surface area contributed by atoms with E-state index in [0.29, 0.717) is 19.7 Å². The second kappa shape index (κ2) is 4.62. The molecule has 2 rings (SSSR count). The fraction of sp³-hybridized carbons (Fsp3) is 0.818. The molecule has 0 radical (unpaired) electrons. The number of rotatable bonds is 2. The van der Waals surface area contributed by atoms with Crippen molar-refractivity contribution in [2.24, 2.45) is 5.41 Å². The Labute approximate surface area is 99.9 Å². The van der Waals surface area contributed by atoms with E-state index in [1.165, 1.54) is 4.90 Å². The van der Waals surface area contributed by atoms with Crippen LogP contribution in [0.25, 0.3) is 0 Å². The van der Waals surface area contributed by atoms with Gasteiger partial charge in [0.25, 0.3) is 0 Å². The third-order valence-electron chi connectivity index (χ3n) is 3.56. The van der Waals surface area contributed by atoms with Crippen LogP contribution in [0.5, 0.6) is 0 Å². The molecule has 2 N–H and O–H groups in total. The fourth-order valence-corrected chi connectivity index (χ4v) is 2.40. The predicted octanol–water partition coefficient (Wildman–Crippen LogP) is -0.702. The maximum atomic E-state index is 12.4. The maximum absolute atomic E-state index is 12.4. The van der Waals surface area contributed by atoms with Gasteiger partial charge in [-0.05, 0) is 19.9 Å². The highest BCUT2D eigenvalue weighted by molar-refractivity contribution is 5.88. The molecule has 0 aliphatic carbocycles. The van der Waals surface area contributed by atoms with E-state index in [2.05, 4.69) is 5.32 Å². The number of aliphatic carboxylic acids is 1. The summed E-state index contributed by atoms with van der Waals surface area (Å²) in [7, 11) is 0. The SMILES string of the molecule is CC1(C(=O)N2CCOCC2C(=O)O)CCNC1. The Balaban J connectivity index is 2.13. The Hall–Kier alpha value is -1.14. The molecule has 17 heavy (non-hydrogen) atoms. The highest BCUT2D eigenvalue weighted by Gasteiger charge is 2.43. The standard InChI is InChI=1S/C11H18N2O4/c1-11(2-3-12-7-11)10(16)13-4-5-17-6-8(13)9(14)15/h8,12H,2-7H2,1H3,(H,14,15). The lowest BCUT2D eigenvalue weighted by Crippen LogP contribution is -2.56. The van der Waals surface area contributed by atoms with Crippen molar-refractivity contribution in [3.8, 4) is 0 Å². The Kier molecular flexibility index (Phi) is 3.35. The number of carbonyl (C=O) groups is 2. The molecule has 0 aromatic carbocycles. The van der Waals surface area contributed by atoms with Gasteiger partial charge in [-0.2, -0.15) is 0 Å². The van der Waals surface area contributed by atoms with Gasteiger partial charge in [0.15, 0.2) is 6.04 Å². The van der Waals surface area contributed by atoms with Crippen molar-refractivity contribution in [3.63, 3.8) is 0 Å². The van der Waals surface area contributed by atoms with E-state index in [0.717, 1.165) is 13.0 Å². The molecule has 6 heteroatoms. The topological polar surface area (TPSA) is 78.9 Å². The average molecular weight is 242 g/mol.